The van der Waals surface area contributed by atoms with E-state index >= 15 is 0 Å². The molecule has 0 saturated carbocycles. The van der Waals surface area contributed by atoms with Crippen LogP contribution in [0.15, 0.2) is 24.3 Å². The first kappa shape index (κ1) is 15.5. The van der Waals surface area contributed by atoms with Crippen LogP contribution in [0.3, 0.4) is 0 Å². The summed E-state index contributed by atoms with van der Waals surface area (Å²) in [5, 5.41) is 2.69. The molecular formula is C14H22N2O3. The van der Waals surface area contributed by atoms with Gasteiger partial charge in [0.05, 0.1) is 6.61 Å². The van der Waals surface area contributed by atoms with Gasteiger partial charge in [0, 0.05) is 5.69 Å². The maximum absolute atomic E-state index is 11.6. The largest absolute Gasteiger partial charge is 0.444 e. The van der Waals surface area contributed by atoms with Gasteiger partial charge in [0.25, 0.3) is 0 Å². The predicted octanol–water partition coefficient (Wildman–Crippen LogP) is 2.86. The van der Waals surface area contributed by atoms with Crippen molar-refractivity contribution < 1.29 is 14.4 Å². The lowest BCUT2D eigenvalue weighted by Gasteiger charge is -2.19. The van der Waals surface area contributed by atoms with Crippen LogP contribution >= 0.6 is 0 Å². The molecule has 0 bridgehead atoms. The summed E-state index contributed by atoms with van der Waals surface area (Å²) in [7, 11) is 0. The molecule has 5 heteroatoms. The monoisotopic (exact) mass is 266 g/mol. The zero-order valence-corrected chi connectivity index (χ0v) is 11.7. The number of anilines is 1. The average Bonchev–Trinajstić information content (AvgIpc) is 2.29. The van der Waals surface area contributed by atoms with E-state index in [2.05, 4.69) is 10.2 Å². The molecule has 106 valence electrons. The molecule has 0 aromatic heterocycles. The van der Waals surface area contributed by atoms with Crippen molar-refractivity contribution in [2.45, 2.75) is 39.2 Å². The number of amides is 1. The first-order valence-electron chi connectivity index (χ1n) is 6.31. The van der Waals surface area contributed by atoms with Crippen molar-refractivity contribution in [1.82, 2.24) is 0 Å². The number of nitrogens with two attached hydrogens (primary N) is 1. The second-order valence-electron chi connectivity index (χ2n) is 5.30. The highest BCUT2D eigenvalue weighted by Crippen LogP contribution is 2.13. The summed E-state index contributed by atoms with van der Waals surface area (Å²) in [6, 6.07) is 7.62. The third kappa shape index (κ3) is 6.79. The number of carbonyl (C=O) groups is 1. The van der Waals surface area contributed by atoms with Gasteiger partial charge in [-0.1, -0.05) is 12.1 Å². The first-order valence-corrected chi connectivity index (χ1v) is 6.31. The number of hydrogen-bond donors (Lipinski definition) is 2. The summed E-state index contributed by atoms with van der Waals surface area (Å²) in [6.45, 7) is 6.03. The Morgan fingerprint density at radius 3 is 2.42 bits per heavy atom. The van der Waals surface area contributed by atoms with Crippen LogP contribution < -0.4 is 11.2 Å². The summed E-state index contributed by atoms with van der Waals surface area (Å²) < 4.78 is 5.17. The number of aryl methyl sites for hydroxylation is 1. The Morgan fingerprint density at radius 2 is 1.89 bits per heavy atom. The van der Waals surface area contributed by atoms with E-state index < -0.39 is 11.7 Å². The second kappa shape index (κ2) is 7.11. The molecule has 5 nitrogen and oxygen atoms in total. The number of rotatable bonds is 5. The van der Waals surface area contributed by atoms with Crippen LogP contribution in [0.5, 0.6) is 0 Å². The molecule has 0 spiro atoms. The van der Waals surface area contributed by atoms with Gasteiger partial charge in [-0.05, 0) is 51.3 Å². The molecule has 3 N–H and O–H groups in total. The zero-order chi connectivity index (χ0) is 14.3. The molecule has 0 fully saturated rings. The van der Waals surface area contributed by atoms with E-state index in [1.54, 1.807) is 0 Å². The lowest BCUT2D eigenvalue weighted by atomic mass is 10.1. The third-order valence-corrected chi connectivity index (χ3v) is 2.33. The minimum atomic E-state index is -0.494. The summed E-state index contributed by atoms with van der Waals surface area (Å²) in [5.41, 5.74) is 1.39. The maximum Gasteiger partial charge on any atom is 0.412 e. The minimum absolute atomic E-state index is 0.447. The van der Waals surface area contributed by atoms with Gasteiger partial charge >= 0.3 is 6.09 Å². The van der Waals surface area contributed by atoms with E-state index in [-0.39, 0.29) is 0 Å². The van der Waals surface area contributed by atoms with Crippen molar-refractivity contribution in [2.24, 2.45) is 5.90 Å². The fourth-order valence-corrected chi connectivity index (χ4v) is 1.54. The van der Waals surface area contributed by atoms with E-state index in [4.69, 9.17) is 10.6 Å². The predicted molar refractivity (Wildman–Crippen MR) is 74.8 cm³/mol. The van der Waals surface area contributed by atoms with Gasteiger partial charge in [-0.2, -0.15) is 0 Å². The second-order valence-corrected chi connectivity index (χ2v) is 5.30. The Bertz CT molecular complexity index is 396. The van der Waals surface area contributed by atoms with Crippen LogP contribution in [0, 0.1) is 0 Å². The third-order valence-electron chi connectivity index (χ3n) is 2.33. The Balaban J connectivity index is 2.45. The van der Waals surface area contributed by atoms with Crippen LogP contribution in [0.4, 0.5) is 10.5 Å². The normalized spacial score (nSPS) is 11.2. The number of ether oxygens (including phenoxy) is 1. The molecule has 0 aliphatic rings. The molecule has 0 aliphatic heterocycles. The zero-order valence-electron chi connectivity index (χ0n) is 11.7. The van der Waals surface area contributed by atoms with Crippen LogP contribution in [0.2, 0.25) is 0 Å². The molecule has 0 atom stereocenters. The molecular weight excluding hydrogens is 244 g/mol. The molecule has 0 aliphatic carbocycles. The van der Waals surface area contributed by atoms with Crippen molar-refractivity contribution in [1.29, 1.82) is 0 Å². The molecule has 0 radical (unpaired) electrons. The van der Waals surface area contributed by atoms with Crippen molar-refractivity contribution >= 4 is 11.8 Å². The minimum Gasteiger partial charge on any atom is -0.444 e. The molecule has 1 aromatic carbocycles. The molecule has 0 saturated heterocycles. The van der Waals surface area contributed by atoms with Crippen molar-refractivity contribution in [3.8, 4) is 0 Å². The van der Waals surface area contributed by atoms with Gasteiger partial charge in [-0.3, -0.25) is 5.32 Å². The van der Waals surface area contributed by atoms with Crippen LogP contribution in [0.1, 0.15) is 32.8 Å². The van der Waals surface area contributed by atoms with Gasteiger partial charge in [0.2, 0.25) is 0 Å². The van der Waals surface area contributed by atoms with Crippen LogP contribution in [0.25, 0.3) is 0 Å². The lowest BCUT2D eigenvalue weighted by molar-refractivity contribution is 0.0636. The fourth-order valence-electron chi connectivity index (χ4n) is 1.54. The molecule has 19 heavy (non-hydrogen) atoms. The standard InChI is InChI=1S/C14H22N2O3/c1-14(2,3)19-13(17)16-12-8-6-11(7-9-12)5-4-10-18-15/h6-9H,4-5,10,15H2,1-3H3,(H,16,17). The van der Waals surface area contributed by atoms with Crippen molar-refractivity contribution in [3.05, 3.63) is 29.8 Å². The van der Waals surface area contributed by atoms with Gasteiger partial charge < -0.3 is 9.57 Å². The van der Waals surface area contributed by atoms with Gasteiger partial charge in [-0.15, -0.1) is 0 Å². The van der Waals surface area contributed by atoms with Gasteiger partial charge in [-0.25, -0.2) is 10.7 Å². The number of nitrogens with one attached hydrogen (secondary N) is 1. The lowest BCUT2D eigenvalue weighted by Crippen LogP contribution is -2.27. The molecule has 0 heterocycles. The Morgan fingerprint density at radius 1 is 1.26 bits per heavy atom. The topological polar surface area (TPSA) is 73.6 Å². The summed E-state index contributed by atoms with van der Waals surface area (Å²) in [4.78, 5) is 16.1. The highest BCUT2D eigenvalue weighted by molar-refractivity contribution is 5.84. The van der Waals surface area contributed by atoms with Gasteiger partial charge in [0.15, 0.2) is 0 Å². The Labute approximate surface area is 114 Å². The highest BCUT2D eigenvalue weighted by Gasteiger charge is 2.15. The number of hydrogen-bond acceptors (Lipinski definition) is 4. The quantitative estimate of drug-likeness (QED) is 0.635. The Hall–Kier alpha value is -1.59. The van der Waals surface area contributed by atoms with Crippen LogP contribution in [-0.2, 0) is 16.0 Å². The number of carbonyl (C=O) groups excluding carboxylic acids is 1. The summed E-state index contributed by atoms with van der Waals surface area (Å²) in [5.74, 6) is 4.96. The molecule has 0 unspecified atom stereocenters. The maximum atomic E-state index is 11.6. The van der Waals surface area contributed by atoms with E-state index in [9.17, 15) is 4.79 Å². The molecule has 1 aromatic rings. The molecule has 1 rings (SSSR count). The highest BCUT2D eigenvalue weighted by atomic mass is 16.6. The van der Waals surface area contributed by atoms with E-state index in [0.29, 0.717) is 12.3 Å². The Kier molecular flexibility index (Phi) is 5.79. The number of benzene rings is 1. The van der Waals surface area contributed by atoms with E-state index in [1.807, 2.05) is 45.0 Å². The SMILES string of the molecule is CC(C)(C)OC(=O)Nc1ccc(CCCON)cc1. The summed E-state index contributed by atoms with van der Waals surface area (Å²) >= 11 is 0. The molecule has 1 amide bonds. The van der Waals surface area contributed by atoms with E-state index in [1.165, 1.54) is 5.56 Å². The van der Waals surface area contributed by atoms with Crippen molar-refractivity contribution in [3.63, 3.8) is 0 Å². The van der Waals surface area contributed by atoms with E-state index in [0.717, 1.165) is 12.8 Å². The average molecular weight is 266 g/mol. The first-order chi connectivity index (χ1) is 8.90. The van der Waals surface area contributed by atoms with Crippen molar-refractivity contribution in [2.75, 3.05) is 11.9 Å². The van der Waals surface area contributed by atoms with Crippen LogP contribution in [-0.4, -0.2) is 18.3 Å². The summed E-state index contributed by atoms with van der Waals surface area (Å²) in [6.07, 6.45) is 1.32. The van der Waals surface area contributed by atoms with Gasteiger partial charge in [0.1, 0.15) is 5.60 Å². The smallest absolute Gasteiger partial charge is 0.412 e. The fraction of sp³-hybridized carbons (Fsp3) is 0.500.